The molecule has 1 aliphatic heterocycles. The third kappa shape index (κ3) is 3.35. The van der Waals surface area contributed by atoms with E-state index in [1.54, 1.807) is 12.1 Å². The van der Waals surface area contributed by atoms with E-state index >= 15 is 0 Å². The molecule has 1 heterocycles. The normalized spacial score (nSPS) is 17.8. The minimum atomic E-state index is -4.33. The number of rotatable bonds is 2. The van der Waals surface area contributed by atoms with Crippen molar-refractivity contribution in [2.45, 2.75) is 31.8 Å². The Morgan fingerprint density at radius 2 is 1.89 bits per heavy atom. The van der Waals surface area contributed by atoms with Crippen LogP contribution in [-0.4, -0.2) is 13.1 Å². The van der Waals surface area contributed by atoms with E-state index in [9.17, 15) is 13.2 Å². The van der Waals surface area contributed by atoms with Crippen LogP contribution in [-0.2, 0) is 12.1 Å². The molecule has 1 saturated heterocycles. The van der Waals surface area contributed by atoms with E-state index in [2.05, 4.69) is 6.92 Å². The highest BCUT2D eigenvalue weighted by Crippen LogP contribution is 2.38. The maximum absolute atomic E-state index is 13.1. The van der Waals surface area contributed by atoms with Crippen LogP contribution in [0.4, 0.5) is 18.9 Å². The Balaban J connectivity index is 2.34. The molecular weight excluding hydrogens is 275 g/mol. The van der Waals surface area contributed by atoms with Crippen LogP contribution >= 0.6 is 11.6 Å². The second kappa shape index (κ2) is 5.61. The summed E-state index contributed by atoms with van der Waals surface area (Å²) in [6, 6.07) is 4.40. The second-order valence-corrected chi connectivity index (χ2v) is 5.42. The topological polar surface area (TPSA) is 3.24 Å². The number of alkyl halides is 4. The lowest BCUT2D eigenvalue weighted by Crippen LogP contribution is -2.34. The molecule has 0 atom stereocenters. The van der Waals surface area contributed by atoms with Crippen molar-refractivity contribution in [3.63, 3.8) is 0 Å². The quantitative estimate of drug-likeness (QED) is 0.715. The lowest BCUT2D eigenvalue weighted by Gasteiger charge is -2.34. The molecule has 19 heavy (non-hydrogen) atoms. The van der Waals surface area contributed by atoms with Crippen LogP contribution in [0.2, 0.25) is 0 Å². The number of nitrogens with zero attached hydrogens (tertiary/aromatic N) is 1. The molecule has 0 saturated carbocycles. The zero-order valence-corrected chi connectivity index (χ0v) is 11.6. The summed E-state index contributed by atoms with van der Waals surface area (Å²) in [4.78, 5) is 1.83. The van der Waals surface area contributed by atoms with E-state index < -0.39 is 11.7 Å². The largest absolute Gasteiger partial charge is 0.418 e. The van der Waals surface area contributed by atoms with Crippen LogP contribution in [0.5, 0.6) is 0 Å². The third-order valence-electron chi connectivity index (χ3n) is 3.64. The fraction of sp³-hybridized carbons (Fsp3) is 0.571. The van der Waals surface area contributed by atoms with Crippen molar-refractivity contribution in [3.05, 3.63) is 29.3 Å². The molecule has 1 aromatic carbocycles. The molecule has 1 nitrogen and oxygen atoms in total. The van der Waals surface area contributed by atoms with E-state index in [-0.39, 0.29) is 11.6 Å². The predicted octanol–water partition coefficient (Wildman–Crippen LogP) is 4.68. The zero-order chi connectivity index (χ0) is 14.0. The molecule has 2 rings (SSSR count). The van der Waals surface area contributed by atoms with Crippen LogP contribution in [0.3, 0.4) is 0 Å². The van der Waals surface area contributed by atoms with Crippen LogP contribution < -0.4 is 4.90 Å². The number of halogens is 4. The summed E-state index contributed by atoms with van der Waals surface area (Å²) in [7, 11) is 0. The molecule has 0 aliphatic carbocycles. The molecule has 106 valence electrons. The van der Waals surface area contributed by atoms with Crippen molar-refractivity contribution in [1.29, 1.82) is 0 Å². The van der Waals surface area contributed by atoms with Gasteiger partial charge in [0.1, 0.15) is 0 Å². The Morgan fingerprint density at radius 1 is 1.26 bits per heavy atom. The van der Waals surface area contributed by atoms with Gasteiger partial charge >= 0.3 is 6.18 Å². The molecular formula is C14H17ClF3N. The van der Waals surface area contributed by atoms with Gasteiger partial charge in [-0.05, 0) is 36.5 Å². The molecule has 0 aromatic heterocycles. The Morgan fingerprint density at radius 3 is 2.42 bits per heavy atom. The van der Waals surface area contributed by atoms with Crippen molar-refractivity contribution in [2.24, 2.45) is 5.92 Å². The molecule has 0 spiro atoms. The zero-order valence-electron chi connectivity index (χ0n) is 10.8. The van der Waals surface area contributed by atoms with Crippen LogP contribution in [0.15, 0.2) is 18.2 Å². The van der Waals surface area contributed by atoms with Crippen LogP contribution in [0.1, 0.15) is 30.9 Å². The van der Waals surface area contributed by atoms with Crippen molar-refractivity contribution >= 4 is 17.3 Å². The minimum absolute atomic E-state index is 0.0976. The first-order valence-electron chi connectivity index (χ1n) is 6.43. The Labute approximate surface area is 116 Å². The van der Waals surface area contributed by atoms with Gasteiger partial charge in [0.2, 0.25) is 0 Å². The Kier molecular flexibility index (Phi) is 4.29. The first-order chi connectivity index (χ1) is 8.91. The predicted molar refractivity (Wildman–Crippen MR) is 71.6 cm³/mol. The summed E-state index contributed by atoms with van der Waals surface area (Å²) in [5.74, 6) is 0.688. The number of benzene rings is 1. The number of hydrogen-bond donors (Lipinski definition) is 0. The number of hydrogen-bond acceptors (Lipinski definition) is 1. The highest BCUT2D eigenvalue weighted by molar-refractivity contribution is 6.17. The van der Waals surface area contributed by atoms with E-state index in [4.69, 9.17) is 11.6 Å². The van der Waals surface area contributed by atoms with E-state index in [0.29, 0.717) is 24.6 Å². The van der Waals surface area contributed by atoms with Gasteiger partial charge in [0.05, 0.1) is 5.56 Å². The summed E-state index contributed by atoms with van der Waals surface area (Å²) in [5, 5.41) is 0. The summed E-state index contributed by atoms with van der Waals surface area (Å²) >= 11 is 5.63. The molecule has 1 aromatic rings. The highest BCUT2D eigenvalue weighted by Gasteiger charge is 2.35. The first-order valence-corrected chi connectivity index (χ1v) is 6.96. The van der Waals surface area contributed by atoms with Gasteiger partial charge in [0.15, 0.2) is 0 Å². The van der Waals surface area contributed by atoms with E-state index in [0.717, 1.165) is 12.8 Å². The van der Waals surface area contributed by atoms with Gasteiger partial charge in [-0.15, -0.1) is 11.6 Å². The van der Waals surface area contributed by atoms with Crippen molar-refractivity contribution in [2.75, 3.05) is 18.0 Å². The molecule has 0 N–H and O–H groups in total. The van der Waals surface area contributed by atoms with Crippen LogP contribution in [0.25, 0.3) is 0 Å². The summed E-state index contributed by atoms with van der Waals surface area (Å²) < 4.78 is 39.4. The molecule has 0 amide bonds. The van der Waals surface area contributed by atoms with Crippen LogP contribution in [0, 0.1) is 5.92 Å². The Hall–Kier alpha value is -0.900. The number of piperidine rings is 1. The van der Waals surface area contributed by atoms with Gasteiger partial charge in [-0.1, -0.05) is 13.0 Å². The average Bonchev–Trinajstić information content (AvgIpc) is 2.38. The molecule has 0 unspecified atom stereocenters. The maximum atomic E-state index is 13.1. The maximum Gasteiger partial charge on any atom is 0.418 e. The summed E-state index contributed by atoms with van der Waals surface area (Å²) in [6.07, 6.45) is -2.45. The molecule has 0 bridgehead atoms. The first kappa shape index (κ1) is 14.5. The Bertz CT molecular complexity index is 437. The highest BCUT2D eigenvalue weighted by atomic mass is 35.5. The number of anilines is 1. The fourth-order valence-corrected chi connectivity index (χ4v) is 2.58. The standard InChI is InChI=1S/C14H17ClF3N/c1-10-4-6-19(7-5-10)13-3-2-11(9-15)8-12(13)14(16,17)18/h2-3,8,10H,4-7,9H2,1H3. The van der Waals surface area contributed by atoms with E-state index in [1.807, 2.05) is 4.90 Å². The molecule has 1 fully saturated rings. The van der Waals surface area contributed by atoms with Gasteiger partial charge < -0.3 is 4.90 Å². The van der Waals surface area contributed by atoms with Gasteiger partial charge in [0.25, 0.3) is 0 Å². The monoisotopic (exact) mass is 291 g/mol. The van der Waals surface area contributed by atoms with Gasteiger partial charge in [-0.25, -0.2) is 0 Å². The van der Waals surface area contributed by atoms with Crippen molar-refractivity contribution in [3.8, 4) is 0 Å². The van der Waals surface area contributed by atoms with Crippen molar-refractivity contribution < 1.29 is 13.2 Å². The minimum Gasteiger partial charge on any atom is -0.371 e. The summed E-state index contributed by atoms with van der Waals surface area (Å²) in [5.41, 5.74) is 0.219. The van der Waals surface area contributed by atoms with Gasteiger partial charge in [-0.2, -0.15) is 13.2 Å². The third-order valence-corrected chi connectivity index (χ3v) is 3.95. The molecule has 1 aliphatic rings. The summed E-state index contributed by atoms with van der Waals surface area (Å²) in [6.45, 7) is 3.51. The molecule has 5 heteroatoms. The molecule has 0 radical (unpaired) electrons. The fourth-order valence-electron chi connectivity index (χ4n) is 2.42. The lowest BCUT2D eigenvalue weighted by atomic mass is 9.97. The smallest absolute Gasteiger partial charge is 0.371 e. The van der Waals surface area contributed by atoms with Gasteiger partial charge in [0, 0.05) is 24.7 Å². The van der Waals surface area contributed by atoms with Crippen molar-refractivity contribution in [1.82, 2.24) is 0 Å². The lowest BCUT2D eigenvalue weighted by molar-refractivity contribution is -0.137. The van der Waals surface area contributed by atoms with Gasteiger partial charge in [-0.3, -0.25) is 0 Å². The van der Waals surface area contributed by atoms with E-state index in [1.165, 1.54) is 6.07 Å². The average molecular weight is 292 g/mol. The SMILES string of the molecule is CC1CCN(c2ccc(CCl)cc2C(F)(F)F)CC1. The second-order valence-electron chi connectivity index (χ2n) is 5.15.